The molecule has 1 heterocycles. The maximum Gasteiger partial charge on any atom is 0.299 e. The van der Waals surface area contributed by atoms with Gasteiger partial charge < -0.3 is 10.2 Å². The van der Waals surface area contributed by atoms with Crippen LogP contribution in [0.1, 0.15) is 35.2 Å². The lowest BCUT2D eigenvalue weighted by molar-refractivity contribution is -0.114. The van der Waals surface area contributed by atoms with E-state index in [9.17, 15) is 9.59 Å². The van der Waals surface area contributed by atoms with E-state index in [-0.39, 0.29) is 11.7 Å². The zero-order chi connectivity index (χ0) is 13.4. The second-order valence-electron chi connectivity index (χ2n) is 5.34. The third-order valence-electron chi connectivity index (χ3n) is 3.76. The summed E-state index contributed by atoms with van der Waals surface area (Å²) in [4.78, 5) is 25.6. The van der Waals surface area contributed by atoms with Crippen LogP contribution in [0.2, 0.25) is 0 Å². The summed E-state index contributed by atoms with van der Waals surface area (Å²) in [5.41, 5.74) is 2.36. The normalized spacial score (nSPS) is 18.1. The molecule has 0 bridgehead atoms. The van der Waals surface area contributed by atoms with Crippen LogP contribution in [0.5, 0.6) is 0 Å². The number of carbonyl (C=O) groups is 2. The number of aryl methyl sites for hydroxylation is 1. The highest BCUT2D eigenvalue weighted by molar-refractivity contribution is 6.52. The summed E-state index contributed by atoms with van der Waals surface area (Å²) in [5, 5.41) is 3.42. The summed E-state index contributed by atoms with van der Waals surface area (Å²) in [6.07, 6.45) is 3.41. The number of para-hydroxylation sites is 1. The van der Waals surface area contributed by atoms with E-state index in [0.717, 1.165) is 24.2 Å². The van der Waals surface area contributed by atoms with Crippen molar-refractivity contribution in [3.8, 4) is 0 Å². The van der Waals surface area contributed by atoms with Crippen LogP contribution < -0.4 is 10.2 Å². The molecular formula is C15H18N2O2. The molecule has 2 aliphatic rings. The third kappa shape index (κ3) is 2.28. The van der Waals surface area contributed by atoms with Gasteiger partial charge in [-0.05, 0) is 44.4 Å². The maximum atomic E-state index is 12.0. The van der Waals surface area contributed by atoms with E-state index in [1.54, 1.807) is 11.0 Å². The van der Waals surface area contributed by atoms with Gasteiger partial charge in [0.25, 0.3) is 11.7 Å². The van der Waals surface area contributed by atoms with Gasteiger partial charge >= 0.3 is 0 Å². The average Bonchev–Trinajstić information content (AvgIpc) is 3.18. The molecule has 1 saturated carbocycles. The van der Waals surface area contributed by atoms with Gasteiger partial charge in [0.2, 0.25) is 0 Å². The Balaban J connectivity index is 1.70. The number of ketones is 1. The first kappa shape index (κ1) is 12.4. The lowest BCUT2D eigenvalue weighted by Gasteiger charge is -2.18. The van der Waals surface area contributed by atoms with E-state index in [2.05, 4.69) is 5.32 Å². The van der Waals surface area contributed by atoms with E-state index in [1.807, 2.05) is 19.1 Å². The van der Waals surface area contributed by atoms with Crippen molar-refractivity contribution in [1.29, 1.82) is 0 Å². The summed E-state index contributed by atoms with van der Waals surface area (Å²) in [5.74, 6) is -0.746. The fourth-order valence-electron chi connectivity index (χ4n) is 2.58. The highest BCUT2D eigenvalue weighted by Gasteiger charge is 2.36. The van der Waals surface area contributed by atoms with Crippen molar-refractivity contribution in [2.45, 2.75) is 32.2 Å². The molecule has 1 aromatic carbocycles. The number of hydrogen-bond donors (Lipinski definition) is 1. The Kier molecular flexibility index (Phi) is 3.11. The van der Waals surface area contributed by atoms with Crippen molar-refractivity contribution in [2.24, 2.45) is 0 Å². The second kappa shape index (κ2) is 4.78. The molecule has 0 aromatic heterocycles. The molecular weight excluding hydrogens is 240 g/mol. The molecule has 1 fully saturated rings. The number of Topliss-reactive ketones (excluding diaryl/α,β-unsaturated/α-hetero) is 1. The van der Waals surface area contributed by atoms with Crippen molar-refractivity contribution >= 4 is 17.4 Å². The number of amides is 1. The average molecular weight is 258 g/mol. The highest BCUT2D eigenvalue weighted by Crippen LogP contribution is 2.32. The molecule has 4 nitrogen and oxygen atoms in total. The fourth-order valence-corrected chi connectivity index (χ4v) is 2.58. The number of hydrogen-bond acceptors (Lipinski definition) is 3. The summed E-state index contributed by atoms with van der Waals surface area (Å²) in [7, 11) is 0. The van der Waals surface area contributed by atoms with E-state index >= 15 is 0 Å². The van der Waals surface area contributed by atoms with Gasteiger partial charge in [0.1, 0.15) is 0 Å². The van der Waals surface area contributed by atoms with Gasteiger partial charge in [-0.15, -0.1) is 0 Å². The first-order chi connectivity index (χ1) is 9.18. The highest BCUT2D eigenvalue weighted by atomic mass is 16.2. The topological polar surface area (TPSA) is 49.4 Å². The van der Waals surface area contributed by atoms with Crippen molar-refractivity contribution in [2.75, 3.05) is 18.0 Å². The smallest absolute Gasteiger partial charge is 0.299 e. The van der Waals surface area contributed by atoms with E-state index < -0.39 is 0 Å². The standard InChI is InChI=1S/C15H18N2O2/c1-10-4-2-5-12-13(10)17(15(19)14(12)18)9-3-8-16-11-6-7-11/h2,4-5,11,16H,3,6-9H2,1H3. The number of anilines is 1. The SMILES string of the molecule is Cc1cccc2c1N(CCCNC1CC1)C(=O)C2=O. The molecule has 0 unspecified atom stereocenters. The molecule has 19 heavy (non-hydrogen) atoms. The fraction of sp³-hybridized carbons (Fsp3) is 0.467. The molecule has 4 heteroatoms. The predicted molar refractivity (Wildman–Crippen MR) is 73.5 cm³/mol. The number of rotatable bonds is 5. The third-order valence-corrected chi connectivity index (χ3v) is 3.76. The minimum atomic E-state index is -0.379. The lowest BCUT2D eigenvalue weighted by atomic mass is 10.1. The molecule has 1 aromatic rings. The first-order valence-electron chi connectivity index (χ1n) is 6.87. The Labute approximate surface area is 112 Å². The van der Waals surface area contributed by atoms with Crippen molar-refractivity contribution in [3.05, 3.63) is 29.3 Å². The van der Waals surface area contributed by atoms with Gasteiger partial charge in [-0.2, -0.15) is 0 Å². The Morgan fingerprint density at radius 1 is 1.32 bits per heavy atom. The van der Waals surface area contributed by atoms with Gasteiger partial charge in [0.15, 0.2) is 0 Å². The minimum Gasteiger partial charge on any atom is -0.314 e. The van der Waals surface area contributed by atoms with Crippen LogP contribution in [0.25, 0.3) is 0 Å². The number of nitrogens with one attached hydrogen (secondary N) is 1. The van der Waals surface area contributed by atoms with Gasteiger partial charge in [-0.25, -0.2) is 0 Å². The molecule has 1 aliphatic carbocycles. The molecule has 0 saturated heterocycles. The summed E-state index contributed by atoms with van der Waals surface area (Å²) in [6.45, 7) is 3.46. The molecule has 1 amide bonds. The van der Waals surface area contributed by atoms with Gasteiger partial charge in [-0.1, -0.05) is 12.1 Å². The quantitative estimate of drug-likeness (QED) is 0.645. The maximum absolute atomic E-state index is 12.0. The number of carbonyl (C=O) groups excluding carboxylic acids is 2. The van der Waals surface area contributed by atoms with Crippen molar-refractivity contribution < 1.29 is 9.59 Å². The van der Waals surface area contributed by atoms with Crippen LogP contribution in [0.3, 0.4) is 0 Å². The number of nitrogens with zero attached hydrogens (tertiary/aromatic N) is 1. The van der Waals surface area contributed by atoms with Gasteiger partial charge in [-0.3, -0.25) is 9.59 Å². The monoisotopic (exact) mass is 258 g/mol. The molecule has 3 rings (SSSR count). The first-order valence-corrected chi connectivity index (χ1v) is 6.87. The van der Waals surface area contributed by atoms with Crippen LogP contribution in [-0.4, -0.2) is 30.8 Å². The second-order valence-corrected chi connectivity index (χ2v) is 5.34. The van der Waals surface area contributed by atoms with Crippen molar-refractivity contribution in [1.82, 2.24) is 5.32 Å². The zero-order valence-electron chi connectivity index (χ0n) is 11.1. The molecule has 0 radical (unpaired) electrons. The van der Waals surface area contributed by atoms with Crippen molar-refractivity contribution in [3.63, 3.8) is 0 Å². The van der Waals surface area contributed by atoms with Crippen LogP contribution in [-0.2, 0) is 4.79 Å². The number of fused-ring (bicyclic) bond motifs is 1. The molecule has 100 valence electrons. The van der Waals surface area contributed by atoms with Crippen LogP contribution >= 0.6 is 0 Å². The van der Waals surface area contributed by atoms with Crippen LogP contribution in [0, 0.1) is 6.92 Å². The summed E-state index contributed by atoms with van der Waals surface area (Å²) >= 11 is 0. The van der Waals surface area contributed by atoms with E-state index in [0.29, 0.717) is 18.2 Å². The summed E-state index contributed by atoms with van der Waals surface area (Å²) < 4.78 is 0. The largest absolute Gasteiger partial charge is 0.314 e. The Morgan fingerprint density at radius 2 is 2.11 bits per heavy atom. The Morgan fingerprint density at radius 3 is 2.84 bits per heavy atom. The molecule has 1 N–H and O–H groups in total. The van der Waals surface area contributed by atoms with Gasteiger partial charge in [0, 0.05) is 12.6 Å². The zero-order valence-corrected chi connectivity index (χ0v) is 11.1. The summed E-state index contributed by atoms with van der Waals surface area (Å²) in [6, 6.07) is 6.20. The minimum absolute atomic E-state index is 0.367. The Bertz CT molecular complexity index is 535. The molecule has 0 atom stereocenters. The lowest BCUT2D eigenvalue weighted by Crippen LogP contribution is -2.33. The number of benzene rings is 1. The Hall–Kier alpha value is -1.68. The molecule has 1 aliphatic heterocycles. The van der Waals surface area contributed by atoms with Crippen LogP contribution in [0.4, 0.5) is 5.69 Å². The molecule has 0 spiro atoms. The van der Waals surface area contributed by atoms with E-state index in [1.165, 1.54) is 12.8 Å². The van der Waals surface area contributed by atoms with Gasteiger partial charge in [0.05, 0.1) is 11.3 Å². The predicted octanol–water partition coefficient (Wildman–Crippen LogP) is 1.67. The van der Waals surface area contributed by atoms with E-state index in [4.69, 9.17) is 0 Å². The van der Waals surface area contributed by atoms with Crippen LogP contribution in [0.15, 0.2) is 18.2 Å².